The lowest BCUT2D eigenvalue weighted by Crippen LogP contribution is -2.35. The van der Waals surface area contributed by atoms with Crippen molar-refractivity contribution in [3.05, 3.63) is 35.4 Å². The maximum absolute atomic E-state index is 12.0. The summed E-state index contributed by atoms with van der Waals surface area (Å²) >= 11 is 0. The summed E-state index contributed by atoms with van der Waals surface area (Å²) in [6, 6.07) is 8.15. The zero-order chi connectivity index (χ0) is 19.6. The smallest absolute Gasteiger partial charge is 0.407 e. The van der Waals surface area contributed by atoms with Crippen LogP contribution in [0.2, 0.25) is 0 Å². The highest BCUT2D eigenvalue weighted by atomic mass is 16.6. The highest BCUT2D eigenvalue weighted by Crippen LogP contribution is 2.12. The molecule has 1 rings (SSSR count). The standard InChI is InChI=1S/C20H33N3O3/c1-6-23(7-2)15-17-11-9-8-10-16(17)14-22-18(24)12-13-21-19(25)26-20(3,4)5/h8-11H,6-7,12-15H2,1-5H3,(H,21,25)(H,22,24). The molecule has 6 nitrogen and oxygen atoms in total. The zero-order valence-electron chi connectivity index (χ0n) is 16.7. The van der Waals surface area contributed by atoms with Gasteiger partial charge in [0.1, 0.15) is 5.60 Å². The van der Waals surface area contributed by atoms with Crippen molar-refractivity contribution in [2.75, 3.05) is 19.6 Å². The van der Waals surface area contributed by atoms with Gasteiger partial charge in [0.2, 0.25) is 5.91 Å². The van der Waals surface area contributed by atoms with Crippen LogP contribution in [0.5, 0.6) is 0 Å². The summed E-state index contributed by atoms with van der Waals surface area (Å²) in [7, 11) is 0. The van der Waals surface area contributed by atoms with Crippen molar-refractivity contribution in [2.45, 2.75) is 59.7 Å². The van der Waals surface area contributed by atoms with E-state index in [4.69, 9.17) is 4.74 Å². The Morgan fingerprint density at radius 3 is 2.23 bits per heavy atom. The summed E-state index contributed by atoms with van der Waals surface area (Å²) in [5.41, 5.74) is 1.80. The van der Waals surface area contributed by atoms with Gasteiger partial charge < -0.3 is 15.4 Å². The molecule has 6 heteroatoms. The largest absolute Gasteiger partial charge is 0.444 e. The lowest BCUT2D eigenvalue weighted by molar-refractivity contribution is -0.121. The second-order valence-electron chi connectivity index (χ2n) is 7.19. The fourth-order valence-electron chi connectivity index (χ4n) is 2.45. The second-order valence-corrected chi connectivity index (χ2v) is 7.19. The summed E-state index contributed by atoms with van der Waals surface area (Å²) in [6.45, 7) is 13.3. The number of carbonyl (C=O) groups excluding carboxylic acids is 2. The third-order valence-electron chi connectivity index (χ3n) is 3.90. The number of hydrogen-bond donors (Lipinski definition) is 2. The van der Waals surface area contributed by atoms with Crippen molar-refractivity contribution in [3.63, 3.8) is 0 Å². The van der Waals surface area contributed by atoms with Crippen LogP contribution in [0.15, 0.2) is 24.3 Å². The summed E-state index contributed by atoms with van der Waals surface area (Å²) < 4.78 is 5.14. The van der Waals surface area contributed by atoms with Gasteiger partial charge in [-0.3, -0.25) is 9.69 Å². The van der Waals surface area contributed by atoms with Gasteiger partial charge in [-0.1, -0.05) is 38.1 Å². The van der Waals surface area contributed by atoms with Crippen molar-refractivity contribution < 1.29 is 14.3 Å². The van der Waals surface area contributed by atoms with E-state index in [0.29, 0.717) is 6.54 Å². The van der Waals surface area contributed by atoms with E-state index in [-0.39, 0.29) is 18.9 Å². The zero-order valence-corrected chi connectivity index (χ0v) is 16.7. The van der Waals surface area contributed by atoms with Gasteiger partial charge in [0.25, 0.3) is 0 Å². The van der Waals surface area contributed by atoms with E-state index in [1.807, 2.05) is 18.2 Å². The molecule has 0 aromatic heterocycles. The van der Waals surface area contributed by atoms with Crippen LogP contribution < -0.4 is 10.6 Å². The van der Waals surface area contributed by atoms with E-state index < -0.39 is 11.7 Å². The van der Waals surface area contributed by atoms with Crippen LogP contribution in [0.3, 0.4) is 0 Å². The predicted molar refractivity (Wildman–Crippen MR) is 104 cm³/mol. The molecule has 0 aliphatic heterocycles. The molecule has 2 N–H and O–H groups in total. The highest BCUT2D eigenvalue weighted by Gasteiger charge is 2.16. The summed E-state index contributed by atoms with van der Waals surface area (Å²) in [4.78, 5) is 25.9. The van der Waals surface area contributed by atoms with Gasteiger partial charge in [0, 0.05) is 26.1 Å². The number of alkyl carbamates (subject to hydrolysis) is 1. The van der Waals surface area contributed by atoms with Crippen molar-refractivity contribution in [3.8, 4) is 0 Å². The average Bonchev–Trinajstić information content (AvgIpc) is 2.57. The molecule has 0 atom stereocenters. The first-order chi connectivity index (χ1) is 12.2. The van der Waals surface area contributed by atoms with Gasteiger partial charge in [0.05, 0.1) is 0 Å². The van der Waals surface area contributed by atoms with Crippen molar-refractivity contribution >= 4 is 12.0 Å². The minimum atomic E-state index is -0.541. The molecule has 0 unspecified atom stereocenters. The Labute approximate surface area is 157 Å². The molecule has 0 bridgehead atoms. The number of benzene rings is 1. The molecule has 0 fully saturated rings. The Balaban J connectivity index is 2.42. The van der Waals surface area contributed by atoms with Crippen LogP contribution in [0.25, 0.3) is 0 Å². The van der Waals surface area contributed by atoms with E-state index in [9.17, 15) is 9.59 Å². The predicted octanol–water partition coefficient (Wildman–Crippen LogP) is 3.06. The van der Waals surface area contributed by atoms with Crippen LogP contribution in [0.1, 0.15) is 52.2 Å². The highest BCUT2D eigenvalue weighted by molar-refractivity contribution is 5.77. The number of ether oxygens (including phenoxy) is 1. The average molecular weight is 364 g/mol. The second kappa shape index (κ2) is 10.8. The van der Waals surface area contributed by atoms with Crippen LogP contribution in [-0.4, -0.2) is 42.1 Å². The topological polar surface area (TPSA) is 70.7 Å². The van der Waals surface area contributed by atoms with Crippen molar-refractivity contribution in [2.24, 2.45) is 0 Å². The first-order valence-electron chi connectivity index (χ1n) is 9.27. The van der Waals surface area contributed by atoms with E-state index in [0.717, 1.165) is 25.2 Å². The SMILES string of the molecule is CCN(CC)Cc1ccccc1CNC(=O)CCNC(=O)OC(C)(C)C. The van der Waals surface area contributed by atoms with Crippen LogP contribution in [0.4, 0.5) is 4.79 Å². The van der Waals surface area contributed by atoms with E-state index >= 15 is 0 Å². The molecule has 2 amide bonds. The van der Waals surface area contributed by atoms with Crippen molar-refractivity contribution in [1.82, 2.24) is 15.5 Å². The first-order valence-corrected chi connectivity index (χ1v) is 9.27. The Bertz CT molecular complexity index is 578. The molecular formula is C20H33N3O3. The Morgan fingerprint density at radius 1 is 1.04 bits per heavy atom. The number of amides is 2. The van der Waals surface area contributed by atoms with E-state index in [1.165, 1.54) is 5.56 Å². The first kappa shape index (κ1) is 22.0. The Hall–Kier alpha value is -2.08. The molecule has 0 heterocycles. The number of carbonyl (C=O) groups is 2. The summed E-state index contributed by atoms with van der Waals surface area (Å²) in [6.07, 6.45) is -0.285. The molecule has 0 saturated carbocycles. The van der Waals surface area contributed by atoms with E-state index in [2.05, 4.69) is 35.4 Å². The molecule has 0 spiro atoms. The number of hydrogen-bond acceptors (Lipinski definition) is 4. The Morgan fingerprint density at radius 2 is 1.65 bits per heavy atom. The quantitative estimate of drug-likeness (QED) is 0.707. The van der Waals surface area contributed by atoms with Gasteiger partial charge in [-0.2, -0.15) is 0 Å². The van der Waals surface area contributed by atoms with Crippen LogP contribution >= 0.6 is 0 Å². The third kappa shape index (κ3) is 8.85. The number of nitrogens with zero attached hydrogens (tertiary/aromatic N) is 1. The normalized spacial score (nSPS) is 11.3. The monoisotopic (exact) mass is 363 g/mol. The van der Waals surface area contributed by atoms with Gasteiger partial charge >= 0.3 is 6.09 Å². The number of nitrogens with one attached hydrogen (secondary N) is 2. The lowest BCUT2D eigenvalue weighted by atomic mass is 10.1. The minimum absolute atomic E-state index is 0.0984. The molecule has 26 heavy (non-hydrogen) atoms. The van der Waals surface area contributed by atoms with Crippen LogP contribution in [0, 0.1) is 0 Å². The van der Waals surface area contributed by atoms with Gasteiger partial charge in [-0.25, -0.2) is 4.79 Å². The molecule has 146 valence electrons. The Kier molecular flexibility index (Phi) is 9.13. The van der Waals surface area contributed by atoms with E-state index in [1.54, 1.807) is 20.8 Å². The summed E-state index contributed by atoms with van der Waals surface area (Å²) in [5.74, 6) is -0.0984. The molecule has 0 aliphatic rings. The van der Waals surface area contributed by atoms with Gasteiger partial charge in [-0.15, -0.1) is 0 Å². The molecule has 1 aromatic carbocycles. The number of rotatable bonds is 9. The maximum Gasteiger partial charge on any atom is 0.407 e. The molecule has 0 radical (unpaired) electrons. The fourth-order valence-corrected chi connectivity index (χ4v) is 2.45. The van der Waals surface area contributed by atoms with Gasteiger partial charge in [-0.05, 0) is 45.0 Å². The van der Waals surface area contributed by atoms with Gasteiger partial charge in [0.15, 0.2) is 0 Å². The minimum Gasteiger partial charge on any atom is -0.444 e. The lowest BCUT2D eigenvalue weighted by Gasteiger charge is -2.20. The summed E-state index contributed by atoms with van der Waals surface area (Å²) in [5, 5.41) is 5.51. The third-order valence-corrected chi connectivity index (χ3v) is 3.90. The molecule has 0 aliphatic carbocycles. The van der Waals surface area contributed by atoms with Crippen LogP contribution in [-0.2, 0) is 22.6 Å². The van der Waals surface area contributed by atoms with Crippen molar-refractivity contribution in [1.29, 1.82) is 0 Å². The fraction of sp³-hybridized carbons (Fsp3) is 0.600. The maximum atomic E-state index is 12.0. The molecular weight excluding hydrogens is 330 g/mol. The molecule has 0 saturated heterocycles. The molecule has 1 aromatic rings.